The van der Waals surface area contributed by atoms with Gasteiger partial charge in [0.15, 0.2) is 11.2 Å². The second kappa shape index (κ2) is 8.25. The van der Waals surface area contributed by atoms with Crippen LogP contribution in [0.1, 0.15) is 45.0 Å². The predicted octanol–water partition coefficient (Wildman–Crippen LogP) is 3.79. The molecule has 0 unspecified atom stereocenters. The molecule has 0 aliphatic rings. The average molecular weight is 261 g/mol. The number of fused-ring (bicyclic) bond motifs is 1. The first kappa shape index (κ1) is 17.1. The Balaban J connectivity index is 0.000000741. The Morgan fingerprint density at radius 2 is 1.58 bits per heavy atom. The molecule has 0 fully saturated rings. The zero-order valence-electron chi connectivity index (χ0n) is 12.7. The normalized spacial score (nSPS) is 8.95. The Kier molecular flexibility index (Phi) is 7.42. The Labute approximate surface area is 114 Å². The summed E-state index contributed by atoms with van der Waals surface area (Å²) in [5.41, 5.74) is 0.903. The number of aromatic nitrogens is 1. The lowest BCUT2D eigenvalue weighted by Crippen LogP contribution is -2.16. The summed E-state index contributed by atoms with van der Waals surface area (Å²) >= 11 is 0. The van der Waals surface area contributed by atoms with Crippen molar-refractivity contribution in [2.24, 2.45) is 7.05 Å². The van der Waals surface area contributed by atoms with Crippen LogP contribution in [0.5, 0.6) is 0 Å². The Morgan fingerprint density at radius 1 is 1.05 bits per heavy atom. The highest BCUT2D eigenvalue weighted by Gasteiger charge is 2.09. The van der Waals surface area contributed by atoms with E-state index in [0.29, 0.717) is 5.39 Å². The minimum atomic E-state index is -0.193. The van der Waals surface area contributed by atoms with Gasteiger partial charge in [0.1, 0.15) is 0 Å². The summed E-state index contributed by atoms with van der Waals surface area (Å²) in [5, 5.41) is 0.590. The molecule has 0 saturated heterocycles. The second-order valence-electron chi connectivity index (χ2n) is 3.56. The van der Waals surface area contributed by atoms with E-state index in [1.54, 1.807) is 22.9 Å². The number of benzene rings is 1. The molecule has 1 aromatic heterocycles. The van der Waals surface area contributed by atoms with Crippen molar-refractivity contribution in [1.82, 2.24) is 4.57 Å². The van der Waals surface area contributed by atoms with Crippen LogP contribution in [0, 0.1) is 0 Å². The van der Waals surface area contributed by atoms with Gasteiger partial charge >= 0.3 is 0 Å². The number of para-hydroxylation sites is 1. The number of rotatable bonds is 1. The molecule has 104 valence electrons. The molecule has 0 aliphatic carbocycles. The van der Waals surface area contributed by atoms with Crippen molar-refractivity contribution >= 4 is 16.7 Å². The number of carbonyl (C=O) groups excluding carboxylic acids is 1. The first-order chi connectivity index (χ1) is 9.11. The Bertz CT molecular complexity index is 597. The van der Waals surface area contributed by atoms with Crippen LogP contribution in [0.2, 0.25) is 0 Å². The molecule has 19 heavy (non-hydrogen) atoms. The lowest BCUT2D eigenvalue weighted by molar-refractivity contribution is 0.101. The van der Waals surface area contributed by atoms with Gasteiger partial charge in [0.2, 0.25) is 0 Å². The monoisotopic (exact) mass is 261 g/mol. The number of pyridine rings is 1. The summed E-state index contributed by atoms with van der Waals surface area (Å²) in [6.45, 7) is 9.41. The van der Waals surface area contributed by atoms with Crippen molar-refractivity contribution in [2.75, 3.05) is 0 Å². The summed E-state index contributed by atoms with van der Waals surface area (Å²) in [7, 11) is 1.83. The molecule has 0 radical (unpaired) electrons. The fourth-order valence-electron chi connectivity index (χ4n) is 1.69. The molecule has 0 saturated carbocycles. The molecule has 0 amide bonds. The lowest BCUT2D eigenvalue weighted by atomic mass is 10.1. The van der Waals surface area contributed by atoms with Crippen molar-refractivity contribution in [3.63, 3.8) is 0 Å². The molecule has 2 rings (SSSR count). The number of carbonyl (C=O) groups is 1. The van der Waals surface area contributed by atoms with Gasteiger partial charge in [-0.05, 0) is 19.1 Å². The summed E-state index contributed by atoms with van der Waals surface area (Å²) in [6, 6.07) is 7.27. The molecular formula is C16H23NO2. The number of nitrogens with zero attached hydrogens (tertiary/aromatic N) is 1. The first-order valence-electron chi connectivity index (χ1n) is 6.70. The van der Waals surface area contributed by atoms with Crippen molar-refractivity contribution in [3.8, 4) is 0 Å². The van der Waals surface area contributed by atoms with E-state index < -0.39 is 0 Å². The summed E-state index contributed by atoms with van der Waals surface area (Å²) in [5.74, 6) is -0.193. The fourth-order valence-corrected chi connectivity index (χ4v) is 1.69. The zero-order valence-corrected chi connectivity index (χ0v) is 12.7. The first-order valence-corrected chi connectivity index (χ1v) is 6.70. The maximum absolute atomic E-state index is 11.9. The van der Waals surface area contributed by atoms with Crippen LogP contribution >= 0.6 is 0 Å². The van der Waals surface area contributed by atoms with Crippen molar-refractivity contribution in [1.29, 1.82) is 0 Å². The highest BCUT2D eigenvalue weighted by Crippen LogP contribution is 2.10. The Morgan fingerprint density at radius 3 is 2.11 bits per heavy atom. The molecule has 1 aromatic carbocycles. The van der Waals surface area contributed by atoms with Gasteiger partial charge in [-0.2, -0.15) is 0 Å². The van der Waals surface area contributed by atoms with Gasteiger partial charge in [-0.3, -0.25) is 9.59 Å². The average Bonchev–Trinajstić information content (AvgIpc) is 2.47. The quantitative estimate of drug-likeness (QED) is 0.732. The number of hydrogen-bond acceptors (Lipinski definition) is 2. The van der Waals surface area contributed by atoms with Gasteiger partial charge in [0, 0.05) is 18.6 Å². The molecule has 0 N–H and O–H groups in total. The number of aryl methyl sites for hydroxylation is 1. The third kappa shape index (κ3) is 3.78. The lowest BCUT2D eigenvalue weighted by Gasteiger charge is -2.06. The van der Waals surface area contributed by atoms with E-state index >= 15 is 0 Å². The number of Topliss-reactive ketones (excluding diaryl/α,β-unsaturated/α-hetero) is 1. The molecule has 3 heteroatoms. The standard InChI is InChI=1S/C12H11NO2.2C2H6/c1-8(14)10-7-13(2)11-6-4-3-5-9(11)12(10)15;2*1-2/h3-7H,1-2H3;2*1-2H3. The minimum absolute atomic E-state index is 0.184. The van der Waals surface area contributed by atoms with Gasteiger partial charge in [0.25, 0.3) is 0 Å². The van der Waals surface area contributed by atoms with E-state index in [-0.39, 0.29) is 16.8 Å². The van der Waals surface area contributed by atoms with Gasteiger partial charge in [-0.1, -0.05) is 39.8 Å². The molecular weight excluding hydrogens is 238 g/mol. The maximum atomic E-state index is 11.9. The highest BCUT2D eigenvalue weighted by atomic mass is 16.1. The molecule has 0 atom stereocenters. The van der Waals surface area contributed by atoms with Crippen LogP contribution in [0.25, 0.3) is 10.9 Å². The van der Waals surface area contributed by atoms with E-state index in [2.05, 4.69) is 0 Å². The molecule has 2 aromatic rings. The van der Waals surface area contributed by atoms with E-state index in [9.17, 15) is 9.59 Å². The van der Waals surface area contributed by atoms with Gasteiger partial charge in [-0.15, -0.1) is 0 Å². The molecule has 0 bridgehead atoms. The van der Waals surface area contributed by atoms with Crippen LogP contribution < -0.4 is 5.43 Å². The number of ketones is 1. The second-order valence-corrected chi connectivity index (χ2v) is 3.56. The van der Waals surface area contributed by atoms with Crippen LogP contribution in [0.4, 0.5) is 0 Å². The van der Waals surface area contributed by atoms with Gasteiger partial charge in [0.05, 0.1) is 11.1 Å². The molecule has 1 heterocycles. The fraction of sp³-hybridized carbons (Fsp3) is 0.375. The summed E-state index contributed by atoms with van der Waals surface area (Å²) in [6.07, 6.45) is 1.59. The third-order valence-electron chi connectivity index (χ3n) is 2.48. The van der Waals surface area contributed by atoms with Crippen molar-refractivity contribution < 1.29 is 4.79 Å². The Hall–Kier alpha value is -1.90. The van der Waals surface area contributed by atoms with Gasteiger partial charge < -0.3 is 4.57 Å². The molecule has 3 nitrogen and oxygen atoms in total. The van der Waals surface area contributed by atoms with Crippen molar-refractivity contribution in [3.05, 3.63) is 46.2 Å². The molecule has 0 spiro atoms. The number of hydrogen-bond donors (Lipinski definition) is 0. The van der Waals surface area contributed by atoms with Crippen LogP contribution in [0.3, 0.4) is 0 Å². The SMILES string of the molecule is CC.CC.CC(=O)c1cn(C)c2ccccc2c1=O. The highest BCUT2D eigenvalue weighted by molar-refractivity contribution is 5.97. The predicted molar refractivity (Wildman–Crippen MR) is 81.9 cm³/mol. The summed E-state index contributed by atoms with van der Waals surface area (Å²) < 4.78 is 1.80. The van der Waals surface area contributed by atoms with Crippen molar-refractivity contribution in [2.45, 2.75) is 34.6 Å². The van der Waals surface area contributed by atoms with E-state index in [1.165, 1.54) is 6.92 Å². The smallest absolute Gasteiger partial charge is 0.200 e. The maximum Gasteiger partial charge on any atom is 0.200 e. The third-order valence-corrected chi connectivity index (χ3v) is 2.48. The topological polar surface area (TPSA) is 39.1 Å². The largest absolute Gasteiger partial charge is 0.350 e. The van der Waals surface area contributed by atoms with E-state index in [1.807, 2.05) is 46.9 Å². The van der Waals surface area contributed by atoms with E-state index in [4.69, 9.17) is 0 Å². The zero-order chi connectivity index (χ0) is 15.0. The van der Waals surface area contributed by atoms with Crippen LogP contribution in [-0.4, -0.2) is 10.4 Å². The van der Waals surface area contributed by atoms with Crippen LogP contribution in [-0.2, 0) is 7.05 Å². The van der Waals surface area contributed by atoms with Crippen LogP contribution in [0.15, 0.2) is 35.3 Å². The minimum Gasteiger partial charge on any atom is -0.350 e. The van der Waals surface area contributed by atoms with E-state index in [0.717, 1.165) is 5.52 Å². The molecule has 0 aliphatic heterocycles. The summed E-state index contributed by atoms with van der Waals surface area (Å²) in [4.78, 5) is 23.1. The van der Waals surface area contributed by atoms with Gasteiger partial charge in [-0.25, -0.2) is 0 Å².